The smallest absolute Gasteiger partial charge is 0.0714 e. The minimum Gasteiger partial charge on any atom is -0.373 e. The standard InChI is InChI=1S/C24H48Cl2O/c1-3-5-7-9-11-13-15-17-19-23(21-25)27-24(22-26)20-18-16-14-12-10-8-6-4-2/h23-24H,3-22H2,1-2H3. The fraction of sp³-hybridized carbons (Fsp3) is 1.00. The maximum absolute atomic E-state index is 6.20. The van der Waals surface area contributed by atoms with Crippen molar-refractivity contribution in [3.63, 3.8) is 0 Å². The lowest BCUT2D eigenvalue weighted by molar-refractivity contribution is 0.00148. The van der Waals surface area contributed by atoms with E-state index in [1.165, 1.54) is 103 Å². The highest BCUT2D eigenvalue weighted by Gasteiger charge is 2.15. The van der Waals surface area contributed by atoms with Crippen LogP contribution in [0, 0.1) is 0 Å². The predicted octanol–water partition coefficient (Wildman–Crippen LogP) is 9.28. The third kappa shape index (κ3) is 19.6. The molecule has 0 spiro atoms. The summed E-state index contributed by atoms with van der Waals surface area (Å²) >= 11 is 12.3. The molecule has 0 bridgehead atoms. The maximum Gasteiger partial charge on any atom is 0.0714 e. The molecule has 3 heteroatoms. The van der Waals surface area contributed by atoms with E-state index in [-0.39, 0.29) is 12.2 Å². The molecule has 0 N–H and O–H groups in total. The Bertz CT molecular complexity index is 247. The van der Waals surface area contributed by atoms with E-state index in [0.717, 1.165) is 12.8 Å². The summed E-state index contributed by atoms with van der Waals surface area (Å²) in [5, 5.41) is 0. The Morgan fingerprint density at radius 3 is 1.07 bits per heavy atom. The molecule has 164 valence electrons. The Labute approximate surface area is 181 Å². The van der Waals surface area contributed by atoms with Crippen LogP contribution >= 0.6 is 23.2 Å². The minimum atomic E-state index is 0.185. The molecule has 0 aromatic rings. The molecule has 0 aliphatic heterocycles. The molecule has 0 aromatic carbocycles. The van der Waals surface area contributed by atoms with E-state index in [1.54, 1.807) is 0 Å². The van der Waals surface area contributed by atoms with Crippen LogP contribution in [0.5, 0.6) is 0 Å². The van der Waals surface area contributed by atoms with E-state index in [2.05, 4.69) is 13.8 Å². The first-order valence-corrected chi connectivity index (χ1v) is 13.1. The molecule has 0 amide bonds. The summed E-state index contributed by atoms with van der Waals surface area (Å²) < 4.78 is 6.20. The molecule has 0 fully saturated rings. The zero-order valence-electron chi connectivity index (χ0n) is 18.5. The van der Waals surface area contributed by atoms with Gasteiger partial charge in [0.2, 0.25) is 0 Å². The fourth-order valence-corrected chi connectivity index (χ4v) is 4.10. The van der Waals surface area contributed by atoms with Gasteiger partial charge in [0.1, 0.15) is 0 Å². The largest absolute Gasteiger partial charge is 0.373 e. The predicted molar refractivity (Wildman–Crippen MR) is 125 cm³/mol. The topological polar surface area (TPSA) is 9.23 Å². The molecular formula is C24H48Cl2O. The van der Waals surface area contributed by atoms with Crippen LogP contribution in [-0.2, 0) is 4.74 Å². The first kappa shape index (κ1) is 27.5. The SMILES string of the molecule is CCCCCCCCCCC(CCl)OC(CCl)CCCCCCCCCC. The second-order valence-corrected chi connectivity index (χ2v) is 8.83. The van der Waals surface area contributed by atoms with Crippen molar-refractivity contribution in [2.45, 2.75) is 142 Å². The van der Waals surface area contributed by atoms with E-state index < -0.39 is 0 Å². The van der Waals surface area contributed by atoms with Gasteiger partial charge >= 0.3 is 0 Å². The van der Waals surface area contributed by atoms with Crippen LogP contribution in [0.1, 0.15) is 129 Å². The molecular weight excluding hydrogens is 375 g/mol. The molecule has 27 heavy (non-hydrogen) atoms. The summed E-state index contributed by atoms with van der Waals surface area (Å²) in [6, 6.07) is 0. The van der Waals surface area contributed by atoms with Crippen LogP contribution in [0.4, 0.5) is 0 Å². The Hall–Kier alpha value is 0.540. The van der Waals surface area contributed by atoms with E-state index in [4.69, 9.17) is 27.9 Å². The number of hydrogen-bond donors (Lipinski definition) is 0. The highest BCUT2D eigenvalue weighted by atomic mass is 35.5. The van der Waals surface area contributed by atoms with Gasteiger partial charge in [0.25, 0.3) is 0 Å². The Morgan fingerprint density at radius 2 is 0.778 bits per heavy atom. The quantitative estimate of drug-likeness (QED) is 0.124. The lowest BCUT2D eigenvalue weighted by Gasteiger charge is -2.22. The Balaban J connectivity index is 3.64. The van der Waals surface area contributed by atoms with Gasteiger partial charge in [-0.1, -0.05) is 117 Å². The van der Waals surface area contributed by atoms with Gasteiger partial charge in [0, 0.05) is 11.8 Å². The van der Waals surface area contributed by atoms with Crippen LogP contribution in [0.2, 0.25) is 0 Å². The maximum atomic E-state index is 6.20. The van der Waals surface area contributed by atoms with Gasteiger partial charge in [-0.2, -0.15) is 0 Å². The van der Waals surface area contributed by atoms with Gasteiger partial charge in [0.15, 0.2) is 0 Å². The van der Waals surface area contributed by atoms with Crippen LogP contribution in [0.15, 0.2) is 0 Å². The zero-order valence-corrected chi connectivity index (χ0v) is 20.0. The number of halogens is 2. The van der Waals surface area contributed by atoms with Crippen molar-refractivity contribution in [3.8, 4) is 0 Å². The van der Waals surface area contributed by atoms with Gasteiger partial charge < -0.3 is 4.74 Å². The molecule has 0 heterocycles. The van der Waals surface area contributed by atoms with Crippen molar-refractivity contribution in [1.29, 1.82) is 0 Å². The van der Waals surface area contributed by atoms with Crippen molar-refractivity contribution in [3.05, 3.63) is 0 Å². The highest BCUT2D eigenvalue weighted by Crippen LogP contribution is 2.18. The van der Waals surface area contributed by atoms with Crippen LogP contribution in [0.25, 0.3) is 0 Å². The number of alkyl halides is 2. The van der Waals surface area contributed by atoms with Crippen LogP contribution in [-0.4, -0.2) is 24.0 Å². The molecule has 0 radical (unpaired) electrons. The van der Waals surface area contributed by atoms with Gasteiger partial charge in [0.05, 0.1) is 12.2 Å². The van der Waals surface area contributed by atoms with Crippen molar-refractivity contribution in [2.24, 2.45) is 0 Å². The summed E-state index contributed by atoms with van der Waals surface area (Å²) in [5.74, 6) is 1.20. The molecule has 2 atom stereocenters. The van der Waals surface area contributed by atoms with Gasteiger partial charge in [-0.15, -0.1) is 23.2 Å². The molecule has 2 unspecified atom stereocenters. The molecule has 0 rings (SSSR count). The number of rotatable bonds is 22. The average molecular weight is 424 g/mol. The highest BCUT2D eigenvalue weighted by molar-refractivity contribution is 6.18. The summed E-state index contributed by atoms with van der Waals surface area (Å²) in [6.07, 6.45) is 24.2. The molecule has 0 aliphatic carbocycles. The first-order valence-electron chi connectivity index (χ1n) is 12.1. The van der Waals surface area contributed by atoms with E-state index >= 15 is 0 Å². The van der Waals surface area contributed by atoms with Gasteiger partial charge in [-0.25, -0.2) is 0 Å². The van der Waals surface area contributed by atoms with Crippen LogP contribution in [0.3, 0.4) is 0 Å². The molecule has 0 aromatic heterocycles. The summed E-state index contributed by atoms with van der Waals surface area (Å²) in [4.78, 5) is 0. The van der Waals surface area contributed by atoms with E-state index in [0.29, 0.717) is 11.8 Å². The normalized spacial score (nSPS) is 13.8. The monoisotopic (exact) mass is 422 g/mol. The molecule has 1 nitrogen and oxygen atoms in total. The second-order valence-electron chi connectivity index (χ2n) is 8.22. The summed E-state index contributed by atoms with van der Waals surface area (Å²) in [6.45, 7) is 4.55. The minimum absolute atomic E-state index is 0.185. The van der Waals surface area contributed by atoms with Crippen molar-refractivity contribution < 1.29 is 4.74 Å². The lowest BCUT2D eigenvalue weighted by atomic mass is 10.0. The third-order valence-electron chi connectivity index (χ3n) is 5.49. The van der Waals surface area contributed by atoms with Gasteiger partial charge in [-0.3, -0.25) is 0 Å². The van der Waals surface area contributed by atoms with Crippen LogP contribution < -0.4 is 0 Å². The molecule has 0 saturated heterocycles. The number of hydrogen-bond acceptors (Lipinski definition) is 1. The Morgan fingerprint density at radius 1 is 0.481 bits per heavy atom. The lowest BCUT2D eigenvalue weighted by Crippen LogP contribution is -2.25. The van der Waals surface area contributed by atoms with Crippen molar-refractivity contribution >= 4 is 23.2 Å². The van der Waals surface area contributed by atoms with Crippen molar-refractivity contribution in [2.75, 3.05) is 11.8 Å². The first-order chi connectivity index (χ1) is 13.3. The third-order valence-corrected chi connectivity index (χ3v) is 6.18. The number of unbranched alkanes of at least 4 members (excludes halogenated alkanes) is 14. The summed E-state index contributed by atoms with van der Waals surface area (Å²) in [7, 11) is 0. The van der Waals surface area contributed by atoms with Gasteiger partial charge in [-0.05, 0) is 12.8 Å². The average Bonchev–Trinajstić information content (AvgIpc) is 2.69. The second kappa shape index (κ2) is 22.8. The number of ether oxygens (including phenoxy) is 1. The zero-order chi connectivity index (χ0) is 20.0. The fourth-order valence-electron chi connectivity index (χ4n) is 3.65. The van der Waals surface area contributed by atoms with Crippen molar-refractivity contribution in [1.82, 2.24) is 0 Å². The van der Waals surface area contributed by atoms with E-state index in [1.807, 2.05) is 0 Å². The summed E-state index contributed by atoms with van der Waals surface area (Å²) in [5.41, 5.74) is 0. The molecule has 0 aliphatic rings. The Kier molecular flexibility index (Phi) is 23.3. The van der Waals surface area contributed by atoms with E-state index in [9.17, 15) is 0 Å². The molecule has 0 saturated carbocycles.